The summed E-state index contributed by atoms with van der Waals surface area (Å²) in [6.45, 7) is 10.8. The average Bonchev–Trinajstić information content (AvgIpc) is 3.30. The highest BCUT2D eigenvalue weighted by Crippen LogP contribution is 2.70. The second kappa shape index (κ2) is 9.41. The second-order valence-electron chi connectivity index (χ2n) is 13.6. The van der Waals surface area contributed by atoms with Gasteiger partial charge in [-0.3, -0.25) is 9.59 Å². The molecule has 1 aliphatic heterocycles. The Kier molecular flexibility index (Phi) is 6.50. The second-order valence-corrected chi connectivity index (χ2v) is 17.1. The zero-order chi connectivity index (χ0) is 27.6. The molecule has 4 aliphatic rings. The van der Waals surface area contributed by atoms with Crippen molar-refractivity contribution in [1.82, 2.24) is 0 Å². The van der Waals surface area contributed by atoms with Crippen LogP contribution in [0.1, 0.15) is 73.1 Å². The Hall–Kier alpha value is -2.24. The van der Waals surface area contributed by atoms with Crippen LogP contribution >= 0.6 is 0 Å². The summed E-state index contributed by atoms with van der Waals surface area (Å²) in [6, 6.07) is 22.8. The Morgan fingerprint density at radius 1 is 1.03 bits per heavy atom. The highest BCUT2D eigenvalue weighted by Gasteiger charge is 2.72. The maximum Gasteiger partial charge on any atom is 0.302 e. The smallest absolute Gasteiger partial charge is 0.302 e. The van der Waals surface area contributed by atoms with E-state index in [0.717, 1.165) is 38.1 Å². The van der Waals surface area contributed by atoms with Crippen LogP contribution in [0.25, 0.3) is 0 Å². The summed E-state index contributed by atoms with van der Waals surface area (Å²) in [5.74, 6) is 0.707. The lowest BCUT2D eigenvalue weighted by Gasteiger charge is -2.67. The van der Waals surface area contributed by atoms with Crippen LogP contribution in [0.3, 0.4) is 0 Å². The number of hydrogen-bond acceptors (Lipinski definition) is 4. The Morgan fingerprint density at radius 2 is 1.64 bits per heavy atom. The van der Waals surface area contributed by atoms with Crippen molar-refractivity contribution in [3.8, 4) is 0 Å². The topological polar surface area (TPSA) is 52.6 Å². The molecule has 8 atom stereocenters. The van der Waals surface area contributed by atoms with Crippen molar-refractivity contribution in [1.29, 1.82) is 0 Å². The third-order valence-corrected chi connectivity index (χ3v) is 16.3. The first-order valence-electron chi connectivity index (χ1n) is 15.1. The Morgan fingerprint density at radius 3 is 2.21 bits per heavy atom. The van der Waals surface area contributed by atoms with Gasteiger partial charge in [-0.2, -0.15) is 0 Å². The molecule has 1 heterocycles. The third-order valence-electron chi connectivity index (χ3n) is 12.0. The largest absolute Gasteiger partial charge is 0.462 e. The molecule has 2 bridgehead atoms. The number of Topliss-reactive ketones (excluding diaryl/α,β-unsaturated/α-hetero) is 1. The minimum absolute atomic E-state index is 0.0400. The molecule has 0 spiro atoms. The minimum Gasteiger partial charge on any atom is -0.462 e. The molecule has 1 saturated heterocycles. The standard InChI is InChI=1S/C34H44O4Si/c1-6-32(4)21-29-33(5)25(17-19-34(20-18-28(36)30(33)34)23(2)31(32)37-24(3)35)22-39(38-29,26-13-9-7-10-14-26)27-15-11-8-12-16-27/h7-16,23,25,29-31H,6,17-22H2,1-5H3/t23-,25-,29+,30?,31-,32+,33-,34-/m0/s1. The molecule has 0 radical (unpaired) electrons. The van der Waals surface area contributed by atoms with Crippen LogP contribution in [0.15, 0.2) is 60.7 Å². The van der Waals surface area contributed by atoms with E-state index in [4.69, 9.17) is 9.16 Å². The van der Waals surface area contributed by atoms with Gasteiger partial charge < -0.3 is 9.16 Å². The van der Waals surface area contributed by atoms with E-state index in [2.05, 4.69) is 88.4 Å². The molecular weight excluding hydrogens is 500 g/mol. The third kappa shape index (κ3) is 3.78. The van der Waals surface area contributed by atoms with E-state index in [-0.39, 0.29) is 46.3 Å². The van der Waals surface area contributed by atoms with Crippen LogP contribution in [0.5, 0.6) is 0 Å². The molecule has 0 aromatic heterocycles. The molecule has 39 heavy (non-hydrogen) atoms. The van der Waals surface area contributed by atoms with E-state index < -0.39 is 8.32 Å². The summed E-state index contributed by atoms with van der Waals surface area (Å²) in [5.41, 5.74) is -0.604. The maximum absolute atomic E-state index is 14.0. The van der Waals surface area contributed by atoms with Gasteiger partial charge in [-0.15, -0.1) is 0 Å². The van der Waals surface area contributed by atoms with Crippen molar-refractivity contribution < 1.29 is 18.8 Å². The molecule has 0 amide bonds. The quantitative estimate of drug-likeness (QED) is 0.354. The fourth-order valence-electron chi connectivity index (χ4n) is 9.87. The van der Waals surface area contributed by atoms with Crippen LogP contribution in [0, 0.1) is 34.0 Å². The summed E-state index contributed by atoms with van der Waals surface area (Å²) in [4.78, 5) is 26.5. The Balaban J connectivity index is 1.57. The van der Waals surface area contributed by atoms with Gasteiger partial charge in [0, 0.05) is 36.0 Å². The van der Waals surface area contributed by atoms with Gasteiger partial charge in [-0.05, 0) is 59.9 Å². The zero-order valence-electron chi connectivity index (χ0n) is 24.2. The van der Waals surface area contributed by atoms with Gasteiger partial charge in [0.05, 0.1) is 6.10 Å². The number of rotatable bonds is 4. The highest BCUT2D eigenvalue weighted by atomic mass is 28.4. The average molecular weight is 545 g/mol. The molecule has 3 aliphatic carbocycles. The predicted octanol–water partition coefficient (Wildman–Crippen LogP) is 5.91. The van der Waals surface area contributed by atoms with Gasteiger partial charge >= 0.3 is 5.97 Å². The summed E-state index contributed by atoms with van der Waals surface area (Å²) in [6.07, 6.45) is 5.07. The van der Waals surface area contributed by atoms with Crippen LogP contribution < -0.4 is 10.4 Å². The molecule has 2 aromatic rings. The number of esters is 1. The van der Waals surface area contributed by atoms with E-state index in [1.54, 1.807) is 0 Å². The normalized spacial score (nSPS) is 40.7. The van der Waals surface area contributed by atoms with E-state index in [1.807, 2.05) is 0 Å². The van der Waals surface area contributed by atoms with Crippen molar-refractivity contribution in [3.05, 3.63) is 60.7 Å². The molecule has 2 aromatic carbocycles. The van der Waals surface area contributed by atoms with Crippen molar-refractivity contribution in [2.24, 2.45) is 34.0 Å². The molecule has 4 fully saturated rings. The number of hydrogen-bond donors (Lipinski definition) is 0. The number of ether oxygens (including phenoxy) is 1. The van der Waals surface area contributed by atoms with Crippen LogP contribution in [-0.4, -0.2) is 32.3 Å². The number of carbonyl (C=O) groups excluding carboxylic acids is 2. The summed E-state index contributed by atoms with van der Waals surface area (Å²) < 4.78 is 14.0. The molecule has 208 valence electrons. The fourth-order valence-corrected chi connectivity index (χ4v) is 14.7. The summed E-state index contributed by atoms with van der Waals surface area (Å²) >= 11 is 0. The predicted molar refractivity (Wildman–Crippen MR) is 156 cm³/mol. The number of ketones is 1. The van der Waals surface area contributed by atoms with Crippen LogP contribution in [0.2, 0.25) is 6.04 Å². The molecular formula is C34H44O4Si. The van der Waals surface area contributed by atoms with Crippen LogP contribution in [-0.2, 0) is 18.8 Å². The fraction of sp³-hybridized carbons (Fsp3) is 0.588. The van der Waals surface area contributed by atoms with Gasteiger partial charge in [0.2, 0.25) is 0 Å². The van der Waals surface area contributed by atoms with Crippen molar-refractivity contribution in [2.75, 3.05) is 0 Å². The lowest BCUT2D eigenvalue weighted by atomic mass is 9.43. The number of carbonyl (C=O) groups is 2. The van der Waals surface area contributed by atoms with Gasteiger partial charge in [0.15, 0.2) is 0 Å². The van der Waals surface area contributed by atoms with E-state index >= 15 is 0 Å². The molecule has 3 saturated carbocycles. The van der Waals surface area contributed by atoms with E-state index in [1.165, 1.54) is 17.3 Å². The Bertz CT molecular complexity index is 1210. The van der Waals surface area contributed by atoms with Crippen molar-refractivity contribution in [2.45, 2.75) is 91.4 Å². The summed E-state index contributed by atoms with van der Waals surface area (Å²) in [5, 5.41) is 2.64. The lowest BCUT2D eigenvalue weighted by Crippen LogP contribution is -2.74. The van der Waals surface area contributed by atoms with Gasteiger partial charge in [0.1, 0.15) is 11.9 Å². The van der Waals surface area contributed by atoms with E-state index in [9.17, 15) is 9.59 Å². The first-order chi connectivity index (χ1) is 18.6. The zero-order valence-corrected chi connectivity index (χ0v) is 25.2. The SMILES string of the molecule is CC[C@]1(C)C[C@H]2O[Si](c3ccccc3)(c3ccccc3)C[C@@H]3CC[C@]4(CCC(=O)C4[C@@]32C)[C@@H](C)[C@@H]1OC(C)=O. The van der Waals surface area contributed by atoms with Crippen molar-refractivity contribution >= 4 is 30.4 Å². The first kappa shape index (κ1) is 27.0. The monoisotopic (exact) mass is 544 g/mol. The Labute approximate surface area is 235 Å². The molecule has 1 unspecified atom stereocenters. The van der Waals surface area contributed by atoms with Gasteiger partial charge in [-0.25, -0.2) is 0 Å². The highest BCUT2D eigenvalue weighted by molar-refractivity contribution is 6.97. The molecule has 0 N–H and O–H groups in total. The molecule has 4 nitrogen and oxygen atoms in total. The van der Waals surface area contributed by atoms with Crippen LogP contribution in [0.4, 0.5) is 0 Å². The maximum atomic E-state index is 14.0. The molecule has 5 heteroatoms. The van der Waals surface area contributed by atoms with Crippen molar-refractivity contribution in [3.63, 3.8) is 0 Å². The molecule has 6 rings (SSSR count). The lowest BCUT2D eigenvalue weighted by molar-refractivity contribution is -0.211. The minimum atomic E-state index is -2.62. The number of benzene rings is 2. The van der Waals surface area contributed by atoms with E-state index in [0.29, 0.717) is 18.1 Å². The summed E-state index contributed by atoms with van der Waals surface area (Å²) in [7, 11) is -2.62. The van der Waals surface area contributed by atoms with Gasteiger partial charge in [-0.1, -0.05) is 88.4 Å². The van der Waals surface area contributed by atoms with Gasteiger partial charge in [0.25, 0.3) is 8.32 Å². The first-order valence-corrected chi connectivity index (χ1v) is 17.2.